The first kappa shape index (κ1) is 22.6. The van der Waals surface area contributed by atoms with Gasteiger partial charge in [0.1, 0.15) is 0 Å². The smallest absolute Gasteiger partial charge is 0.274 e. The number of aryl methyl sites for hydroxylation is 1. The number of carbonyl (C=O) groups is 1. The predicted molar refractivity (Wildman–Crippen MR) is 130 cm³/mol. The van der Waals surface area contributed by atoms with Crippen molar-refractivity contribution in [2.75, 3.05) is 32.8 Å². The summed E-state index contributed by atoms with van der Waals surface area (Å²) in [6.07, 6.45) is 8.35. The summed E-state index contributed by atoms with van der Waals surface area (Å²) in [7, 11) is 0. The predicted octanol–water partition coefficient (Wildman–Crippen LogP) is 3.72. The number of ether oxygens (including phenoxy) is 1. The van der Waals surface area contributed by atoms with Crippen LogP contribution in [0.1, 0.15) is 72.8 Å². The Balaban J connectivity index is 1.34. The van der Waals surface area contributed by atoms with E-state index in [0.717, 1.165) is 96.5 Å². The number of nitrogens with one attached hydrogen (secondary N) is 1. The molecule has 2 saturated heterocycles. The van der Waals surface area contributed by atoms with E-state index in [0.29, 0.717) is 6.04 Å². The molecule has 2 fully saturated rings. The van der Waals surface area contributed by atoms with Crippen molar-refractivity contribution in [3.63, 3.8) is 0 Å². The number of amides is 1. The first-order chi connectivity index (χ1) is 16.2. The lowest BCUT2D eigenvalue weighted by molar-refractivity contribution is 0.0486. The molecule has 3 heterocycles. The van der Waals surface area contributed by atoms with Gasteiger partial charge >= 0.3 is 0 Å². The lowest BCUT2D eigenvalue weighted by Crippen LogP contribution is -2.47. The minimum Gasteiger partial charge on any atom is -0.381 e. The summed E-state index contributed by atoms with van der Waals surface area (Å²) in [5, 5.41) is 8.78. The highest BCUT2D eigenvalue weighted by atomic mass is 16.5. The highest BCUT2D eigenvalue weighted by Gasteiger charge is 2.36. The van der Waals surface area contributed by atoms with Gasteiger partial charge in [0.05, 0.1) is 0 Å². The quantitative estimate of drug-likeness (QED) is 0.698. The van der Waals surface area contributed by atoms with Crippen molar-refractivity contribution in [2.24, 2.45) is 0 Å². The SMILES string of the molecule is CCCn1nc(C(=O)N2CCCC2)c2c1CC[C@H](NCC1(c3ccccc3)CCOCC1)C2. The molecular formula is C27H38N4O2. The van der Waals surface area contributed by atoms with Gasteiger partial charge in [-0.25, -0.2) is 0 Å². The molecule has 3 aliphatic rings. The Bertz CT molecular complexity index is 943. The highest BCUT2D eigenvalue weighted by Crippen LogP contribution is 2.35. The van der Waals surface area contributed by atoms with Crippen molar-refractivity contribution < 1.29 is 9.53 Å². The van der Waals surface area contributed by atoms with E-state index in [4.69, 9.17) is 9.84 Å². The second-order valence-electron chi connectivity index (χ2n) is 10.1. The zero-order valence-electron chi connectivity index (χ0n) is 20.0. The molecule has 1 amide bonds. The topological polar surface area (TPSA) is 59.4 Å². The van der Waals surface area contributed by atoms with Gasteiger partial charge in [-0.15, -0.1) is 0 Å². The Kier molecular flexibility index (Phi) is 6.84. The fraction of sp³-hybridized carbons (Fsp3) is 0.630. The van der Waals surface area contributed by atoms with Gasteiger partial charge in [0, 0.05) is 62.1 Å². The van der Waals surface area contributed by atoms with Gasteiger partial charge in [0.25, 0.3) is 5.91 Å². The molecule has 33 heavy (non-hydrogen) atoms. The summed E-state index contributed by atoms with van der Waals surface area (Å²) in [6, 6.07) is 11.3. The van der Waals surface area contributed by atoms with Gasteiger partial charge in [-0.3, -0.25) is 9.48 Å². The molecule has 0 radical (unpaired) electrons. The number of rotatable bonds is 7. The molecule has 0 bridgehead atoms. The molecule has 1 atom stereocenters. The summed E-state index contributed by atoms with van der Waals surface area (Å²) < 4.78 is 7.84. The van der Waals surface area contributed by atoms with E-state index in [9.17, 15) is 4.79 Å². The summed E-state index contributed by atoms with van der Waals surface area (Å²) >= 11 is 0. The molecule has 2 aliphatic heterocycles. The number of aromatic nitrogens is 2. The molecule has 1 N–H and O–H groups in total. The van der Waals surface area contributed by atoms with E-state index in [1.807, 2.05) is 4.90 Å². The number of fused-ring (bicyclic) bond motifs is 1. The molecule has 0 spiro atoms. The molecule has 178 valence electrons. The van der Waals surface area contributed by atoms with Crippen LogP contribution in [0, 0.1) is 0 Å². The molecular weight excluding hydrogens is 412 g/mol. The maximum absolute atomic E-state index is 13.3. The second-order valence-corrected chi connectivity index (χ2v) is 10.1. The third kappa shape index (κ3) is 4.60. The van der Waals surface area contributed by atoms with Crippen molar-refractivity contribution in [2.45, 2.75) is 76.3 Å². The summed E-state index contributed by atoms with van der Waals surface area (Å²) in [5.41, 5.74) is 4.75. The Morgan fingerprint density at radius 2 is 1.94 bits per heavy atom. The van der Waals surface area contributed by atoms with Crippen LogP contribution in [0.25, 0.3) is 0 Å². The van der Waals surface area contributed by atoms with Crippen LogP contribution in [0.4, 0.5) is 0 Å². The van der Waals surface area contributed by atoms with Crippen LogP contribution in [0.3, 0.4) is 0 Å². The number of nitrogens with zero attached hydrogens (tertiary/aromatic N) is 3. The molecule has 5 rings (SSSR count). The van der Waals surface area contributed by atoms with E-state index in [1.54, 1.807) is 0 Å². The summed E-state index contributed by atoms with van der Waals surface area (Å²) in [5.74, 6) is 0.143. The normalized spacial score (nSPS) is 22.3. The van der Waals surface area contributed by atoms with Crippen LogP contribution < -0.4 is 5.32 Å². The van der Waals surface area contributed by atoms with Crippen LogP contribution in [0.5, 0.6) is 0 Å². The first-order valence-electron chi connectivity index (χ1n) is 12.9. The molecule has 2 aromatic rings. The van der Waals surface area contributed by atoms with E-state index >= 15 is 0 Å². The number of carbonyl (C=O) groups excluding carboxylic acids is 1. The number of benzene rings is 1. The van der Waals surface area contributed by atoms with Crippen molar-refractivity contribution >= 4 is 5.91 Å². The molecule has 0 saturated carbocycles. The third-order valence-corrected chi connectivity index (χ3v) is 7.94. The largest absolute Gasteiger partial charge is 0.381 e. The molecule has 1 aromatic carbocycles. The third-order valence-electron chi connectivity index (χ3n) is 7.94. The van der Waals surface area contributed by atoms with Gasteiger partial charge in [-0.2, -0.15) is 5.10 Å². The van der Waals surface area contributed by atoms with Gasteiger partial charge in [-0.1, -0.05) is 37.3 Å². The van der Waals surface area contributed by atoms with Gasteiger partial charge < -0.3 is 15.0 Å². The van der Waals surface area contributed by atoms with Crippen LogP contribution >= 0.6 is 0 Å². The van der Waals surface area contributed by atoms with Crippen LogP contribution in [0.15, 0.2) is 30.3 Å². The number of hydrogen-bond acceptors (Lipinski definition) is 4. The van der Waals surface area contributed by atoms with E-state index in [2.05, 4.69) is 47.3 Å². The zero-order chi connectivity index (χ0) is 22.7. The van der Waals surface area contributed by atoms with Gasteiger partial charge in [0.15, 0.2) is 5.69 Å². The van der Waals surface area contributed by atoms with Crippen molar-refractivity contribution in [3.8, 4) is 0 Å². The maximum Gasteiger partial charge on any atom is 0.274 e. The van der Waals surface area contributed by atoms with Crippen molar-refractivity contribution in [1.29, 1.82) is 0 Å². The molecule has 1 aromatic heterocycles. The van der Waals surface area contributed by atoms with Gasteiger partial charge in [-0.05, 0) is 56.9 Å². The minimum atomic E-state index is 0.125. The van der Waals surface area contributed by atoms with Crippen molar-refractivity contribution in [3.05, 3.63) is 52.8 Å². The lowest BCUT2D eigenvalue weighted by Gasteiger charge is -2.39. The fourth-order valence-electron chi connectivity index (χ4n) is 5.96. The Morgan fingerprint density at radius 1 is 1.18 bits per heavy atom. The van der Waals surface area contributed by atoms with E-state index < -0.39 is 0 Å². The Labute approximate surface area is 197 Å². The average molecular weight is 451 g/mol. The standard InChI is InChI=1S/C27H38N4O2/c1-2-14-31-24-11-10-22(19-23(24)25(29-31)26(32)30-15-6-7-16-30)28-20-27(12-17-33-18-13-27)21-8-4-3-5-9-21/h3-5,8-9,22,28H,2,6-7,10-20H2,1H3/t22-/m0/s1. The molecule has 6 nitrogen and oxygen atoms in total. The van der Waals surface area contributed by atoms with Crippen LogP contribution in [0.2, 0.25) is 0 Å². The van der Waals surface area contributed by atoms with E-state index in [1.165, 1.54) is 16.8 Å². The average Bonchev–Trinajstić information content (AvgIpc) is 3.53. The number of hydrogen-bond donors (Lipinski definition) is 1. The Hall–Kier alpha value is -2.18. The van der Waals surface area contributed by atoms with Crippen LogP contribution in [-0.2, 0) is 29.5 Å². The van der Waals surface area contributed by atoms with Crippen LogP contribution in [-0.4, -0.2) is 59.5 Å². The fourth-order valence-corrected chi connectivity index (χ4v) is 5.96. The van der Waals surface area contributed by atoms with Gasteiger partial charge in [0.2, 0.25) is 0 Å². The molecule has 6 heteroatoms. The second kappa shape index (κ2) is 9.98. The highest BCUT2D eigenvalue weighted by molar-refractivity contribution is 5.94. The molecule has 1 aliphatic carbocycles. The van der Waals surface area contributed by atoms with Crippen molar-refractivity contribution in [1.82, 2.24) is 20.0 Å². The minimum absolute atomic E-state index is 0.125. The summed E-state index contributed by atoms with van der Waals surface area (Å²) in [4.78, 5) is 15.3. The lowest BCUT2D eigenvalue weighted by atomic mass is 9.73. The molecule has 0 unspecified atom stereocenters. The zero-order valence-corrected chi connectivity index (χ0v) is 20.0. The first-order valence-corrected chi connectivity index (χ1v) is 12.9. The number of likely N-dealkylation sites (tertiary alicyclic amines) is 1. The Morgan fingerprint density at radius 3 is 2.67 bits per heavy atom. The maximum atomic E-state index is 13.3. The monoisotopic (exact) mass is 450 g/mol. The summed E-state index contributed by atoms with van der Waals surface area (Å²) in [6.45, 7) is 7.42. The van der Waals surface area contributed by atoms with E-state index in [-0.39, 0.29) is 11.3 Å².